The molecule has 0 bridgehead atoms. The first-order chi connectivity index (χ1) is 2.00. The van der Waals surface area contributed by atoms with Gasteiger partial charge in [0.25, 0.3) is 0 Å². The summed E-state index contributed by atoms with van der Waals surface area (Å²) in [5.74, 6) is 0. The monoisotopic (exact) mass is 276 g/mol. The Balaban J connectivity index is -0.0000000133. The molecule has 0 heterocycles. The minimum atomic E-state index is -0.1000. The molecule has 0 aromatic carbocycles. The molecule has 0 aromatic heterocycles. The zero-order chi connectivity index (χ0) is 4.00. The van der Waals surface area contributed by atoms with Crippen molar-refractivity contribution in [3.05, 3.63) is 9.93 Å². The van der Waals surface area contributed by atoms with Crippen molar-refractivity contribution in [2.75, 3.05) is 0 Å². The summed E-state index contributed by atoms with van der Waals surface area (Å²) in [5, 5.41) is 0. The van der Waals surface area contributed by atoms with E-state index in [1.165, 1.54) is 0 Å². The Labute approximate surface area is 65.0 Å². The van der Waals surface area contributed by atoms with Crippen molar-refractivity contribution < 1.29 is 55.8 Å². The van der Waals surface area contributed by atoms with E-state index in [2.05, 4.69) is 0 Å². The summed E-state index contributed by atoms with van der Waals surface area (Å²) in [6.45, 7) is 0. The minimum absolute atomic E-state index is 0. The van der Waals surface area contributed by atoms with E-state index in [0.717, 1.165) is 0 Å². The second-order valence-corrected chi connectivity index (χ2v) is 0. The van der Waals surface area contributed by atoms with Crippen molar-refractivity contribution in [2.24, 2.45) is 0 Å². The van der Waals surface area contributed by atoms with E-state index < -0.39 is 0 Å². The van der Waals surface area contributed by atoms with E-state index >= 15 is 0 Å². The van der Waals surface area contributed by atoms with Gasteiger partial charge in [0.05, 0.1) is 0 Å². The number of rotatable bonds is 0. The quantitative estimate of drug-likeness (QED) is 0.581. The zero-order valence-corrected chi connectivity index (χ0v) is 10.7. The maximum absolute atomic E-state index is 8.42. The molecular weight excluding hydrogens is 273 g/mol. The van der Waals surface area contributed by atoms with E-state index in [0.29, 0.717) is 0 Å². The first-order valence-electron chi connectivity index (χ1n) is 0.455. The molecule has 0 unspecified atom stereocenters. The molecule has 3 nitrogen and oxygen atoms in total. The van der Waals surface area contributed by atoms with E-state index in [9.17, 15) is 0 Å². The fourth-order valence-electron chi connectivity index (χ4n) is 0. The van der Waals surface area contributed by atoms with Crippen molar-refractivity contribution >= 4 is 0 Å². The second-order valence-electron chi connectivity index (χ2n) is 0. The molecule has 0 spiro atoms. The van der Waals surface area contributed by atoms with Crippen LogP contribution < -0.4 is 0 Å². The normalized spacial score (nSPS) is 2.00. The number of hydrogen-bond acceptors (Lipinski definition) is 3. The average molecular weight is 273 g/mol. The van der Waals surface area contributed by atoms with Gasteiger partial charge in [-0.3, -0.25) is 0 Å². The van der Waals surface area contributed by atoms with E-state index in [-0.39, 0.29) is 53.1 Å². The van der Waals surface area contributed by atoms with Gasteiger partial charge >= 0.3 is 28.5 Å². The predicted molar refractivity (Wildman–Crippen MR) is 7.42 cm³/mol. The Morgan fingerprint density at radius 3 is 1.00 bits per heavy atom. The Morgan fingerprint density at radius 1 is 1.00 bits per heavy atom. The molecule has 0 aliphatic carbocycles. The van der Waals surface area contributed by atoms with Gasteiger partial charge < -0.3 is 0 Å². The average Bonchev–Trinajstić information content (AvgIpc) is 1.50. The van der Waals surface area contributed by atoms with Crippen LogP contribution in [0.2, 0.25) is 0 Å². The molecule has 0 N–H and O–H groups in total. The Hall–Kier alpha value is 1.24. The van der Waals surface area contributed by atoms with Gasteiger partial charge in [0.2, 0.25) is 0 Å². The van der Waals surface area contributed by atoms with E-state index in [1.54, 1.807) is 0 Å². The van der Waals surface area contributed by atoms with Crippen molar-refractivity contribution in [3.8, 4) is 0 Å². The van der Waals surface area contributed by atoms with Gasteiger partial charge in [-0.05, 0) is 0 Å². The third kappa shape index (κ3) is 35.7. The summed E-state index contributed by atoms with van der Waals surface area (Å²) in [5.41, 5.74) is 0. The summed E-state index contributed by atoms with van der Waals surface area (Å²) < 4.78 is 8.42. The van der Waals surface area contributed by atoms with Gasteiger partial charge in [-0.25, -0.2) is 0 Å². The van der Waals surface area contributed by atoms with Crippen LogP contribution in [0, 0.1) is 9.93 Å². The van der Waals surface area contributed by atoms with Crippen LogP contribution in [0.25, 0.3) is 0 Å². The van der Waals surface area contributed by atoms with Gasteiger partial charge in [-0.15, -0.1) is 0 Å². The fraction of sp³-hybridized carbons (Fsp3) is 0. The molecule has 0 fully saturated rings. The molecular formula is Cd2O3. The summed E-state index contributed by atoms with van der Waals surface area (Å²) >= 11 is -0.1000. The zero-order valence-electron chi connectivity index (χ0n) is 2.64. The van der Waals surface area contributed by atoms with Crippen LogP contribution in [0.1, 0.15) is 0 Å². The summed E-state index contributed by atoms with van der Waals surface area (Å²) in [7, 11) is 0. The van der Waals surface area contributed by atoms with Gasteiger partial charge in [-0.2, -0.15) is 0 Å². The first-order valence-corrected chi connectivity index (χ1v) is 2.10. The van der Waals surface area contributed by atoms with Crippen LogP contribution in [0.15, 0.2) is 0 Å². The molecule has 22 valence electrons. The van der Waals surface area contributed by atoms with Crippen LogP contribution in [-0.2, 0) is 55.8 Å². The number of hydrogen-bond donors (Lipinski definition) is 0. The molecule has 0 radical (unpaired) electrons. The third-order valence-electron chi connectivity index (χ3n) is 0. The van der Waals surface area contributed by atoms with Crippen molar-refractivity contribution in [1.82, 2.24) is 0 Å². The molecule has 0 saturated heterocycles. The first kappa shape index (κ1) is 16.3. The molecule has 5 heteroatoms. The topological polar surface area (TPSA) is 51.2 Å². The van der Waals surface area contributed by atoms with Crippen molar-refractivity contribution in [3.63, 3.8) is 0 Å². The molecule has 0 amide bonds. The van der Waals surface area contributed by atoms with Gasteiger partial charge in [0.15, 0.2) is 0 Å². The van der Waals surface area contributed by atoms with Gasteiger partial charge in [0, 0.05) is 37.2 Å². The SMILES string of the molecule is O=O.[Cd].[O]=[Cd]. The Morgan fingerprint density at radius 2 is 1.00 bits per heavy atom. The van der Waals surface area contributed by atoms with Crippen molar-refractivity contribution in [2.45, 2.75) is 0 Å². The van der Waals surface area contributed by atoms with E-state index in [4.69, 9.17) is 12.6 Å². The van der Waals surface area contributed by atoms with Crippen LogP contribution >= 0.6 is 0 Å². The van der Waals surface area contributed by atoms with Crippen molar-refractivity contribution in [1.29, 1.82) is 0 Å². The summed E-state index contributed by atoms with van der Waals surface area (Å²) in [6, 6.07) is 0. The third-order valence-corrected chi connectivity index (χ3v) is 0. The maximum atomic E-state index is 8.42. The molecule has 0 aliphatic heterocycles. The van der Waals surface area contributed by atoms with Crippen LogP contribution in [0.4, 0.5) is 0 Å². The van der Waals surface area contributed by atoms with Crippen LogP contribution in [0.3, 0.4) is 0 Å². The summed E-state index contributed by atoms with van der Waals surface area (Å²) in [4.78, 5) is 14.0. The molecule has 0 aliphatic rings. The predicted octanol–water partition coefficient (Wildman–Crippen LogP) is -0.0568. The second kappa shape index (κ2) is 61.0. The standard InChI is InChI=1S/2Cd.O2.O/c;;1-2;. The van der Waals surface area contributed by atoms with Gasteiger partial charge in [-0.1, -0.05) is 0 Å². The molecule has 0 saturated carbocycles. The molecule has 0 rings (SSSR count). The Bertz CT molecular complexity index is 6.85. The molecule has 5 heavy (non-hydrogen) atoms. The van der Waals surface area contributed by atoms with Gasteiger partial charge in [0.1, 0.15) is 0 Å². The fourth-order valence-corrected chi connectivity index (χ4v) is 0. The van der Waals surface area contributed by atoms with E-state index in [1.807, 2.05) is 0 Å². The summed E-state index contributed by atoms with van der Waals surface area (Å²) in [6.07, 6.45) is 0. The molecule has 0 atom stereocenters. The molecule has 0 aromatic rings. The Kier molecular flexibility index (Phi) is 199. The van der Waals surface area contributed by atoms with Crippen LogP contribution in [0.5, 0.6) is 0 Å². The van der Waals surface area contributed by atoms with Crippen LogP contribution in [-0.4, -0.2) is 0 Å².